The van der Waals surface area contributed by atoms with Gasteiger partial charge in [0.1, 0.15) is 5.78 Å². The number of nitrogens with zero attached hydrogens (tertiary/aromatic N) is 1. The maximum atomic E-state index is 12.1. The van der Waals surface area contributed by atoms with Gasteiger partial charge in [-0.15, -0.1) is 6.58 Å². The number of ketones is 1. The molecule has 0 fully saturated rings. The van der Waals surface area contributed by atoms with Gasteiger partial charge in [-0.3, -0.25) is 14.9 Å². The first-order chi connectivity index (χ1) is 8.47. The van der Waals surface area contributed by atoms with Crippen LogP contribution in [0.5, 0.6) is 0 Å². The lowest BCUT2D eigenvalue weighted by atomic mass is 9.74. The van der Waals surface area contributed by atoms with Gasteiger partial charge in [0.2, 0.25) is 0 Å². The van der Waals surface area contributed by atoms with Crippen LogP contribution in [0.15, 0.2) is 36.9 Å². The Labute approximate surface area is 106 Å². The van der Waals surface area contributed by atoms with Crippen molar-refractivity contribution in [3.05, 3.63) is 52.6 Å². The van der Waals surface area contributed by atoms with E-state index in [1.165, 1.54) is 6.07 Å². The number of nitro benzene ring substituents is 1. The van der Waals surface area contributed by atoms with Crippen LogP contribution in [0.3, 0.4) is 0 Å². The van der Waals surface area contributed by atoms with E-state index in [2.05, 4.69) is 6.58 Å². The average Bonchev–Trinajstić information content (AvgIpc) is 2.37. The highest BCUT2D eigenvalue weighted by molar-refractivity contribution is 5.90. The Kier molecular flexibility index (Phi) is 4.37. The van der Waals surface area contributed by atoms with Gasteiger partial charge in [0.15, 0.2) is 0 Å². The van der Waals surface area contributed by atoms with Crippen molar-refractivity contribution >= 4 is 11.5 Å². The number of hydrogen-bond donors (Lipinski definition) is 0. The predicted molar refractivity (Wildman–Crippen MR) is 70.6 cm³/mol. The van der Waals surface area contributed by atoms with Gasteiger partial charge in [-0.1, -0.05) is 31.2 Å². The van der Waals surface area contributed by atoms with Crippen LogP contribution >= 0.6 is 0 Å². The van der Waals surface area contributed by atoms with Crippen molar-refractivity contribution in [1.29, 1.82) is 0 Å². The first-order valence-electron chi connectivity index (χ1n) is 5.85. The molecule has 96 valence electrons. The molecule has 1 unspecified atom stereocenters. The molecule has 18 heavy (non-hydrogen) atoms. The first-order valence-corrected chi connectivity index (χ1v) is 5.85. The van der Waals surface area contributed by atoms with E-state index in [1.807, 2.05) is 0 Å². The van der Waals surface area contributed by atoms with Crippen molar-refractivity contribution in [2.75, 3.05) is 0 Å². The first kappa shape index (κ1) is 14.1. The van der Waals surface area contributed by atoms with E-state index in [4.69, 9.17) is 0 Å². The van der Waals surface area contributed by atoms with Crippen LogP contribution in [0.4, 0.5) is 5.69 Å². The Morgan fingerprint density at radius 2 is 2.11 bits per heavy atom. The van der Waals surface area contributed by atoms with E-state index in [9.17, 15) is 14.9 Å². The van der Waals surface area contributed by atoms with Gasteiger partial charge in [0, 0.05) is 18.1 Å². The highest BCUT2D eigenvalue weighted by Crippen LogP contribution is 2.36. The molecule has 0 heterocycles. The number of benzene rings is 1. The van der Waals surface area contributed by atoms with Crippen molar-refractivity contribution in [1.82, 2.24) is 0 Å². The zero-order chi connectivity index (χ0) is 13.8. The number of rotatable bonds is 6. The highest BCUT2D eigenvalue weighted by atomic mass is 16.6. The number of carbonyl (C=O) groups excluding carboxylic acids is 1. The Balaban J connectivity index is 3.43. The molecule has 0 spiro atoms. The van der Waals surface area contributed by atoms with Gasteiger partial charge in [-0.2, -0.15) is 0 Å². The summed E-state index contributed by atoms with van der Waals surface area (Å²) in [7, 11) is 0. The van der Waals surface area contributed by atoms with Crippen LogP contribution in [-0.4, -0.2) is 10.7 Å². The van der Waals surface area contributed by atoms with Crippen LogP contribution in [0.25, 0.3) is 0 Å². The minimum Gasteiger partial charge on any atom is -0.299 e. The van der Waals surface area contributed by atoms with Gasteiger partial charge >= 0.3 is 0 Å². The molecule has 1 atom stereocenters. The summed E-state index contributed by atoms with van der Waals surface area (Å²) in [5, 5.41) is 11.1. The zero-order valence-electron chi connectivity index (χ0n) is 10.7. The number of allylic oxidation sites excluding steroid dienone is 1. The van der Waals surface area contributed by atoms with Gasteiger partial charge in [0.05, 0.1) is 10.3 Å². The fourth-order valence-electron chi connectivity index (χ4n) is 2.15. The minimum atomic E-state index is -0.875. The zero-order valence-corrected chi connectivity index (χ0v) is 10.7. The van der Waals surface area contributed by atoms with E-state index >= 15 is 0 Å². The third-order valence-electron chi connectivity index (χ3n) is 3.18. The topological polar surface area (TPSA) is 60.2 Å². The van der Waals surface area contributed by atoms with Crippen LogP contribution in [0, 0.1) is 10.1 Å². The van der Waals surface area contributed by atoms with E-state index in [1.54, 1.807) is 38.1 Å². The summed E-state index contributed by atoms with van der Waals surface area (Å²) in [5.41, 5.74) is -0.425. The number of nitro groups is 1. The minimum absolute atomic E-state index is 0.0105. The molecule has 0 saturated heterocycles. The molecule has 0 amide bonds. The number of carbonyl (C=O) groups is 1. The van der Waals surface area contributed by atoms with Crippen molar-refractivity contribution < 1.29 is 9.72 Å². The summed E-state index contributed by atoms with van der Waals surface area (Å²) in [6.45, 7) is 7.14. The largest absolute Gasteiger partial charge is 0.299 e. The fourth-order valence-corrected chi connectivity index (χ4v) is 2.15. The van der Waals surface area contributed by atoms with Gasteiger partial charge < -0.3 is 0 Å². The lowest BCUT2D eigenvalue weighted by molar-refractivity contribution is -0.386. The SMILES string of the molecule is C=CCC(C)(C(=O)CC)c1ccccc1[N+](=O)[O-]. The Hall–Kier alpha value is -1.97. The second kappa shape index (κ2) is 5.58. The average molecular weight is 247 g/mol. The molecule has 1 aromatic carbocycles. The molecular formula is C14H17NO3. The molecule has 0 aliphatic rings. The molecule has 0 aliphatic heterocycles. The maximum Gasteiger partial charge on any atom is 0.273 e. The number of Topliss-reactive ketones (excluding diaryl/α,β-unsaturated/α-hetero) is 1. The van der Waals surface area contributed by atoms with Crippen molar-refractivity contribution in [2.45, 2.75) is 32.1 Å². The molecule has 1 aromatic rings. The predicted octanol–water partition coefficient (Wildman–Crippen LogP) is 3.41. The van der Waals surface area contributed by atoms with Crippen molar-refractivity contribution in [2.24, 2.45) is 0 Å². The summed E-state index contributed by atoms with van der Waals surface area (Å²) in [6.07, 6.45) is 2.37. The molecule has 0 bridgehead atoms. The molecule has 0 N–H and O–H groups in total. The summed E-state index contributed by atoms with van der Waals surface area (Å²) >= 11 is 0. The third-order valence-corrected chi connectivity index (χ3v) is 3.18. The smallest absolute Gasteiger partial charge is 0.273 e. The Morgan fingerprint density at radius 1 is 1.50 bits per heavy atom. The quantitative estimate of drug-likeness (QED) is 0.439. The lowest BCUT2D eigenvalue weighted by Gasteiger charge is -2.26. The van der Waals surface area contributed by atoms with Crippen molar-refractivity contribution in [3.8, 4) is 0 Å². The van der Waals surface area contributed by atoms with Crippen LogP contribution in [-0.2, 0) is 10.2 Å². The second-order valence-corrected chi connectivity index (χ2v) is 4.38. The molecule has 0 aromatic heterocycles. The third kappa shape index (κ3) is 2.47. The maximum absolute atomic E-state index is 12.1. The molecule has 0 aliphatic carbocycles. The standard InChI is InChI=1S/C14H17NO3/c1-4-10-14(3,13(16)5-2)11-8-6-7-9-12(11)15(17)18/h4,6-9H,1,5,10H2,2-3H3. The summed E-state index contributed by atoms with van der Waals surface area (Å²) < 4.78 is 0. The van der Waals surface area contributed by atoms with Crippen LogP contribution in [0.1, 0.15) is 32.3 Å². The Morgan fingerprint density at radius 3 is 2.61 bits per heavy atom. The summed E-state index contributed by atoms with van der Waals surface area (Å²) in [5.74, 6) is -0.0169. The summed E-state index contributed by atoms with van der Waals surface area (Å²) in [6, 6.07) is 6.40. The number of hydrogen-bond acceptors (Lipinski definition) is 3. The van der Waals surface area contributed by atoms with E-state index in [-0.39, 0.29) is 11.5 Å². The molecule has 0 saturated carbocycles. The van der Waals surface area contributed by atoms with Crippen LogP contribution in [0.2, 0.25) is 0 Å². The molecule has 0 radical (unpaired) electrons. The van der Waals surface area contributed by atoms with E-state index < -0.39 is 10.3 Å². The highest BCUT2D eigenvalue weighted by Gasteiger charge is 2.37. The summed E-state index contributed by atoms with van der Waals surface area (Å²) in [4.78, 5) is 22.7. The molecule has 4 heteroatoms. The monoisotopic (exact) mass is 247 g/mol. The molecule has 1 rings (SSSR count). The molecule has 4 nitrogen and oxygen atoms in total. The normalized spacial score (nSPS) is 13.7. The van der Waals surface area contributed by atoms with E-state index in [0.717, 1.165) is 0 Å². The van der Waals surface area contributed by atoms with Crippen molar-refractivity contribution in [3.63, 3.8) is 0 Å². The second-order valence-electron chi connectivity index (χ2n) is 4.38. The lowest BCUT2D eigenvalue weighted by Crippen LogP contribution is -2.32. The van der Waals surface area contributed by atoms with Gasteiger partial charge in [-0.05, 0) is 13.3 Å². The Bertz CT molecular complexity index is 482. The fraction of sp³-hybridized carbons (Fsp3) is 0.357. The van der Waals surface area contributed by atoms with Gasteiger partial charge in [-0.25, -0.2) is 0 Å². The van der Waals surface area contributed by atoms with E-state index in [0.29, 0.717) is 18.4 Å². The van der Waals surface area contributed by atoms with Gasteiger partial charge in [0.25, 0.3) is 5.69 Å². The van der Waals surface area contributed by atoms with Crippen LogP contribution < -0.4 is 0 Å². The number of para-hydroxylation sites is 1. The molecular weight excluding hydrogens is 230 g/mol.